The molecule has 2 aromatic heterocycles. The van der Waals surface area contributed by atoms with Gasteiger partial charge in [-0.3, -0.25) is 15.0 Å². The first kappa shape index (κ1) is 19.5. The molecular weight excluding hydrogens is 388 g/mol. The molecule has 31 heavy (non-hydrogen) atoms. The van der Waals surface area contributed by atoms with Crippen molar-refractivity contribution in [2.75, 3.05) is 0 Å². The Hall–Kier alpha value is -3.48. The predicted octanol–water partition coefficient (Wildman–Crippen LogP) is 4.50. The van der Waals surface area contributed by atoms with Gasteiger partial charge >= 0.3 is 0 Å². The van der Waals surface area contributed by atoms with Crippen LogP contribution in [0.15, 0.2) is 42.5 Å². The van der Waals surface area contributed by atoms with Gasteiger partial charge in [-0.2, -0.15) is 10.2 Å². The third-order valence-electron chi connectivity index (χ3n) is 5.79. The minimum absolute atomic E-state index is 0.0227. The molecule has 0 atom stereocenters. The Morgan fingerprint density at radius 2 is 1.97 bits per heavy atom. The summed E-state index contributed by atoms with van der Waals surface area (Å²) >= 11 is 0. The van der Waals surface area contributed by atoms with Crippen molar-refractivity contribution in [2.24, 2.45) is 5.92 Å². The molecule has 0 bridgehead atoms. The fraction of sp³-hybridized carbons (Fsp3) is 0.333. The lowest BCUT2D eigenvalue weighted by molar-refractivity contribution is 0.0917. The van der Waals surface area contributed by atoms with Gasteiger partial charge in [0.05, 0.1) is 11.2 Å². The number of benzene rings is 2. The van der Waals surface area contributed by atoms with E-state index in [0.717, 1.165) is 52.8 Å². The van der Waals surface area contributed by atoms with Gasteiger partial charge in [-0.15, -0.1) is 0 Å². The van der Waals surface area contributed by atoms with E-state index in [2.05, 4.69) is 50.6 Å². The van der Waals surface area contributed by atoms with E-state index in [1.165, 1.54) is 6.42 Å². The third-order valence-corrected chi connectivity index (χ3v) is 5.79. The van der Waals surface area contributed by atoms with Crippen molar-refractivity contribution in [3.8, 4) is 22.6 Å². The zero-order chi connectivity index (χ0) is 21.4. The van der Waals surface area contributed by atoms with E-state index in [0.29, 0.717) is 23.3 Å². The van der Waals surface area contributed by atoms with E-state index in [1.807, 2.05) is 36.4 Å². The van der Waals surface area contributed by atoms with Crippen LogP contribution >= 0.6 is 0 Å². The van der Waals surface area contributed by atoms with Crippen molar-refractivity contribution in [1.82, 2.24) is 30.7 Å². The Bertz CT molecular complexity index is 1230. The molecule has 3 N–H and O–H groups in total. The lowest BCUT2D eigenvalue weighted by atomic mass is 9.93. The van der Waals surface area contributed by atoms with E-state index in [-0.39, 0.29) is 5.91 Å². The second-order valence-electron chi connectivity index (χ2n) is 8.72. The Morgan fingerprint density at radius 3 is 2.74 bits per heavy atom. The first-order valence-corrected chi connectivity index (χ1v) is 10.9. The summed E-state index contributed by atoms with van der Waals surface area (Å²) in [7, 11) is 0. The number of fused-ring (bicyclic) bond motifs is 1. The molecule has 0 saturated heterocycles. The zero-order valence-electron chi connectivity index (χ0n) is 17.8. The van der Waals surface area contributed by atoms with Crippen LogP contribution in [0.1, 0.15) is 49.3 Å². The van der Waals surface area contributed by atoms with E-state index in [4.69, 9.17) is 0 Å². The first-order valence-electron chi connectivity index (χ1n) is 10.9. The summed E-state index contributed by atoms with van der Waals surface area (Å²) in [6.45, 7) is 4.32. The fourth-order valence-corrected chi connectivity index (χ4v) is 3.90. The molecule has 7 nitrogen and oxygen atoms in total. The van der Waals surface area contributed by atoms with Crippen molar-refractivity contribution in [3.05, 3.63) is 53.9 Å². The van der Waals surface area contributed by atoms with E-state index >= 15 is 0 Å². The lowest BCUT2D eigenvalue weighted by Crippen LogP contribution is -2.39. The smallest absolute Gasteiger partial charge is 0.251 e. The number of carbonyl (C=O) groups excluding carboxylic acids is 1. The number of aromatic nitrogens is 5. The number of amides is 1. The second-order valence-corrected chi connectivity index (χ2v) is 8.72. The summed E-state index contributed by atoms with van der Waals surface area (Å²) in [5, 5.41) is 19.1. The van der Waals surface area contributed by atoms with Crippen LogP contribution in [0.4, 0.5) is 0 Å². The van der Waals surface area contributed by atoms with Gasteiger partial charge in [-0.05, 0) is 55.5 Å². The molecule has 2 heterocycles. The van der Waals surface area contributed by atoms with Gasteiger partial charge in [0, 0.05) is 34.5 Å². The molecule has 1 saturated carbocycles. The summed E-state index contributed by atoms with van der Waals surface area (Å²) in [6.07, 6.45) is 4.19. The molecule has 0 aliphatic heterocycles. The molecule has 5 rings (SSSR count). The molecule has 1 aliphatic rings. The normalized spacial score (nSPS) is 14.2. The van der Waals surface area contributed by atoms with Crippen molar-refractivity contribution in [3.63, 3.8) is 0 Å². The van der Waals surface area contributed by atoms with Gasteiger partial charge in [-0.25, -0.2) is 4.98 Å². The molecule has 1 aliphatic carbocycles. The lowest BCUT2D eigenvalue weighted by Gasteiger charge is -2.26. The number of hydrogen-bond donors (Lipinski definition) is 3. The van der Waals surface area contributed by atoms with Crippen LogP contribution in [0.25, 0.3) is 33.5 Å². The summed E-state index contributed by atoms with van der Waals surface area (Å²) < 4.78 is 0. The van der Waals surface area contributed by atoms with Crippen molar-refractivity contribution >= 4 is 16.8 Å². The minimum atomic E-state index is -0.0227. The molecular formula is C24H26N6O. The summed E-state index contributed by atoms with van der Waals surface area (Å²) in [5.41, 5.74) is 4.23. The number of H-pyrrole nitrogens is 2. The number of hydrogen-bond acceptors (Lipinski definition) is 4. The van der Waals surface area contributed by atoms with Crippen molar-refractivity contribution in [1.29, 1.82) is 0 Å². The SMILES string of the molecule is CC(C)Cc1nc(-c2ccc3[nH]nc(-c4cccc(C(=O)NC5CCC5)c4)c3c2)n[nH]1. The Kier molecular flexibility index (Phi) is 5.02. The molecule has 158 valence electrons. The molecule has 0 radical (unpaired) electrons. The fourth-order valence-electron chi connectivity index (χ4n) is 3.90. The van der Waals surface area contributed by atoms with Crippen molar-refractivity contribution in [2.45, 2.75) is 45.6 Å². The molecule has 2 aromatic carbocycles. The van der Waals surface area contributed by atoms with Crippen LogP contribution in [-0.2, 0) is 6.42 Å². The van der Waals surface area contributed by atoms with E-state index < -0.39 is 0 Å². The number of nitrogens with one attached hydrogen (secondary N) is 3. The summed E-state index contributed by atoms with van der Waals surface area (Å²) in [6, 6.07) is 14.0. The van der Waals surface area contributed by atoms with Gasteiger partial charge < -0.3 is 5.32 Å². The molecule has 7 heteroatoms. The van der Waals surface area contributed by atoms with Gasteiger partial charge in [0.1, 0.15) is 5.82 Å². The number of rotatable bonds is 6. The predicted molar refractivity (Wildman–Crippen MR) is 121 cm³/mol. The second kappa shape index (κ2) is 7.98. The number of carbonyl (C=O) groups is 1. The number of aromatic amines is 2. The molecule has 0 spiro atoms. The average Bonchev–Trinajstić information content (AvgIpc) is 3.36. The highest BCUT2D eigenvalue weighted by Gasteiger charge is 2.20. The largest absolute Gasteiger partial charge is 0.349 e. The van der Waals surface area contributed by atoms with Gasteiger partial charge in [0.25, 0.3) is 5.91 Å². The van der Waals surface area contributed by atoms with Gasteiger partial charge in [-0.1, -0.05) is 26.0 Å². The third kappa shape index (κ3) is 3.95. The molecule has 0 unspecified atom stereocenters. The summed E-state index contributed by atoms with van der Waals surface area (Å²) in [5.74, 6) is 2.06. The maximum atomic E-state index is 12.6. The van der Waals surface area contributed by atoms with Gasteiger partial charge in [0.2, 0.25) is 0 Å². The molecule has 1 amide bonds. The molecule has 1 fully saturated rings. The highest BCUT2D eigenvalue weighted by molar-refractivity contribution is 5.99. The zero-order valence-corrected chi connectivity index (χ0v) is 17.8. The van der Waals surface area contributed by atoms with Crippen LogP contribution in [0.3, 0.4) is 0 Å². The standard InChI is InChI=1S/C24H26N6O/c1-14(2)11-21-26-23(30-28-21)16-9-10-20-19(13-16)22(29-27-20)15-5-3-6-17(12-15)24(31)25-18-7-4-8-18/h3,5-6,9-10,12-14,18H,4,7-8,11H2,1-2H3,(H,25,31)(H,27,29)(H,26,28,30). The first-order chi connectivity index (χ1) is 15.1. The molecule has 4 aromatic rings. The van der Waals surface area contributed by atoms with Crippen molar-refractivity contribution < 1.29 is 4.79 Å². The Balaban J connectivity index is 1.46. The van der Waals surface area contributed by atoms with E-state index in [1.54, 1.807) is 0 Å². The highest BCUT2D eigenvalue weighted by Crippen LogP contribution is 2.30. The van der Waals surface area contributed by atoms with Crippen LogP contribution < -0.4 is 5.32 Å². The summed E-state index contributed by atoms with van der Waals surface area (Å²) in [4.78, 5) is 17.2. The highest BCUT2D eigenvalue weighted by atomic mass is 16.1. The Labute approximate surface area is 180 Å². The van der Waals surface area contributed by atoms with Crippen LogP contribution in [-0.4, -0.2) is 37.3 Å². The quantitative estimate of drug-likeness (QED) is 0.433. The monoisotopic (exact) mass is 414 g/mol. The average molecular weight is 415 g/mol. The van der Waals surface area contributed by atoms with Crippen LogP contribution in [0, 0.1) is 5.92 Å². The van der Waals surface area contributed by atoms with Crippen LogP contribution in [0.2, 0.25) is 0 Å². The maximum Gasteiger partial charge on any atom is 0.251 e. The minimum Gasteiger partial charge on any atom is -0.349 e. The Morgan fingerprint density at radius 1 is 1.10 bits per heavy atom. The topological polar surface area (TPSA) is 99.3 Å². The van der Waals surface area contributed by atoms with Gasteiger partial charge in [0.15, 0.2) is 5.82 Å². The van der Waals surface area contributed by atoms with E-state index in [9.17, 15) is 4.79 Å². The number of nitrogens with zero attached hydrogens (tertiary/aromatic N) is 3. The van der Waals surface area contributed by atoms with Crippen LogP contribution in [0.5, 0.6) is 0 Å². The maximum absolute atomic E-state index is 12.6.